The fourth-order valence-corrected chi connectivity index (χ4v) is 1.67. The van der Waals surface area contributed by atoms with E-state index in [4.69, 9.17) is 26.9 Å². The molecule has 104 valence electrons. The van der Waals surface area contributed by atoms with Crippen molar-refractivity contribution in [3.8, 4) is 17.4 Å². The third-order valence-electron chi connectivity index (χ3n) is 2.39. The third kappa shape index (κ3) is 3.37. The summed E-state index contributed by atoms with van der Waals surface area (Å²) < 4.78 is 10.6. The number of hydrazine groups is 1. The van der Waals surface area contributed by atoms with Gasteiger partial charge in [-0.05, 0) is 18.2 Å². The normalized spacial score (nSPS) is 9.95. The molecule has 7 heteroatoms. The lowest BCUT2D eigenvalue weighted by molar-refractivity contribution is 0.0947. The first kappa shape index (κ1) is 14.1. The second-order valence-corrected chi connectivity index (χ2v) is 4.20. The molecule has 0 aliphatic rings. The first-order valence-corrected chi connectivity index (χ1v) is 6.00. The van der Waals surface area contributed by atoms with Crippen molar-refractivity contribution in [3.05, 3.63) is 47.1 Å². The maximum absolute atomic E-state index is 11.5. The van der Waals surface area contributed by atoms with Crippen LogP contribution in [-0.2, 0) is 0 Å². The zero-order valence-corrected chi connectivity index (χ0v) is 11.3. The summed E-state index contributed by atoms with van der Waals surface area (Å²) in [5.41, 5.74) is 2.09. The van der Waals surface area contributed by atoms with Crippen molar-refractivity contribution in [1.82, 2.24) is 10.4 Å². The summed E-state index contributed by atoms with van der Waals surface area (Å²) in [7, 11) is 1.47. The molecule has 0 radical (unpaired) electrons. The number of aromatic nitrogens is 1. The summed E-state index contributed by atoms with van der Waals surface area (Å²) in [5.74, 6) is 5.66. The first-order chi connectivity index (χ1) is 9.62. The Labute approximate surface area is 120 Å². The topological polar surface area (TPSA) is 86.5 Å². The van der Waals surface area contributed by atoms with Crippen LogP contribution in [0.4, 0.5) is 0 Å². The molecule has 3 N–H and O–H groups in total. The van der Waals surface area contributed by atoms with Gasteiger partial charge in [0.25, 0.3) is 5.91 Å². The molecule has 2 rings (SSSR count). The molecule has 20 heavy (non-hydrogen) atoms. The van der Waals surface area contributed by atoms with Crippen molar-refractivity contribution >= 4 is 17.5 Å². The molecular formula is C13H12ClN3O3. The number of benzene rings is 1. The van der Waals surface area contributed by atoms with Crippen LogP contribution in [0.25, 0.3) is 0 Å². The van der Waals surface area contributed by atoms with Crippen LogP contribution in [0.5, 0.6) is 17.4 Å². The molecule has 0 bridgehead atoms. The van der Waals surface area contributed by atoms with Crippen molar-refractivity contribution in [2.45, 2.75) is 0 Å². The summed E-state index contributed by atoms with van der Waals surface area (Å²) in [6, 6.07) is 9.81. The lowest BCUT2D eigenvalue weighted by Gasteiger charge is -2.09. The number of amides is 1. The minimum Gasteiger partial charge on any atom is -0.496 e. The van der Waals surface area contributed by atoms with Crippen LogP contribution in [-0.4, -0.2) is 18.0 Å². The molecular weight excluding hydrogens is 282 g/mol. The van der Waals surface area contributed by atoms with E-state index in [0.717, 1.165) is 0 Å². The van der Waals surface area contributed by atoms with E-state index in [1.807, 2.05) is 5.43 Å². The molecule has 0 aliphatic carbocycles. The van der Waals surface area contributed by atoms with E-state index in [-0.39, 0.29) is 11.6 Å². The molecule has 0 aliphatic heterocycles. The van der Waals surface area contributed by atoms with Crippen molar-refractivity contribution in [2.24, 2.45) is 5.84 Å². The molecule has 1 aromatic carbocycles. The second kappa shape index (κ2) is 6.23. The molecule has 1 heterocycles. The van der Waals surface area contributed by atoms with Crippen LogP contribution in [0.15, 0.2) is 36.4 Å². The van der Waals surface area contributed by atoms with Gasteiger partial charge in [-0.1, -0.05) is 17.7 Å². The molecule has 2 aromatic rings. The monoisotopic (exact) mass is 293 g/mol. The summed E-state index contributed by atoms with van der Waals surface area (Å²) in [5, 5.41) is 0.533. The van der Waals surface area contributed by atoms with Crippen LogP contribution in [0.3, 0.4) is 0 Å². The van der Waals surface area contributed by atoms with Gasteiger partial charge in [0.2, 0.25) is 5.88 Å². The predicted octanol–water partition coefficient (Wildman–Crippen LogP) is 2.14. The second-order valence-electron chi connectivity index (χ2n) is 3.76. The van der Waals surface area contributed by atoms with E-state index in [1.165, 1.54) is 13.2 Å². The number of rotatable bonds is 4. The molecule has 6 nitrogen and oxygen atoms in total. The number of carbonyl (C=O) groups excluding carboxylic acids is 1. The van der Waals surface area contributed by atoms with Crippen molar-refractivity contribution in [1.29, 1.82) is 0 Å². The van der Waals surface area contributed by atoms with Gasteiger partial charge in [0.15, 0.2) is 0 Å². The Balaban J connectivity index is 2.33. The molecule has 0 fully saturated rings. The van der Waals surface area contributed by atoms with E-state index in [9.17, 15) is 4.79 Å². The largest absolute Gasteiger partial charge is 0.496 e. The van der Waals surface area contributed by atoms with Gasteiger partial charge in [-0.3, -0.25) is 10.2 Å². The number of ether oxygens (including phenoxy) is 2. The Bertz CT molecular complexity index is 634. The highest BCUT2D eigenvalue weighted by Gasteiger charge is 2.11. The van der Waals surface area contributed by atoms with Crippen LogP contribution >= 0.6 is 11.6 Å². The Morgan fingerprint density at radius 3 is 2.75 bits per heavy atom. The smallest absolute Gasteiger partial charge is 0.284 e. The first-order valence-electron chi connectivity index (χ1n) is 5.63. The summed E-state index contributed by atoms with van der Waals surface area (Å²) in [6.07, 6.45) is 0. The summed E-state index contributed by atoms with van der Waals surface area (Å²) >= 11 is 5.87. The molecule has 0 saturated carbocycles. The molecule has 0 atom stereocenters. The standard InChI is InChI=1S/C13H12ClN3O3/c1-19-10-6-11(13(18)17-15)16-12(7-10)20-9-4-2-3-8(14)5-9/h2-7H,15H2,1H3,(H,17,18). The number of hydrogen-bond acceptors (Lipinski definition) is 5. The van der Waals surface area contributed by atoms with Gasteiger partial charge in [0.05, 0.1) is 7.11 Å². The molecule has 0 saturated heterocycles. The number of methoxy groups -OCH3 is 1. The Morgan fingerprint density at radius 2 is 2.10 bits per heavy atom. The third-order valence-corrected chi connectivity index (χ3v) is 2.63. The fraction of sp³-hybridized carbons (Fsp3) is 0.0769. The minimum atomic E-state index is -0.542. The van der Waals surface area contributed by atoms with Crippen LogP contribution in [0, 0.1) is 0 Å². The van der Waals surface area contributed by atoms with Crippen molar-refractivity contribution in [2.75, 3.05) is 7.11 Å². The van der Waals surface area contributed by atoms with Gasteiger partial charge in [-0.25, -0.2) is 10.8 Å². The molecule has 1 aromatic heterocycles. The van der Waals surface area contributed by atoms with Gasteiger partial charge in [0, 0.05) is 17.2 Å². The van der Waals surface area contributed by atoms with E-state index in [1.54, 1.807) is 30.3 Å². The van der Waals surface area contributed by atoms with Crippen LogP contribution < -0.4 is 20.7 Å². The molecule has 1 amide bonds. The van der Waals surface area contributed by atoms with Gasteiger partial charge in [-0.15, -0.1) is 0 Å². The predicted molar refractivity (Wildman–Crippen MR) is 74.0 cm³/mol. The number of nitrogen functional groups attached to an aromatic ring is 1. The highest BCUT2D eigenvalue weighted by Crippen LogP contribution is 2.26. The highest BCUT2D eigenvalue weighted by molar-refractivity contribution is 6.30. The number of halogens is 1. The van der Waals surface area contributed by atoms with Gasteiger partial charge in [-0.2, -0.15) is 0 Å². The lowest BCUT2D eigenvalue weighted by Crippen LogP contribution is -2.30. The van der Waals surface area contributed by atoms with E-state index in [0.29, 0.717) is 16.5 Å². The highest BCUT2D eigenvalue weighted by atomic mass is 35.5. The van der Waals surface area contributed by atoms with Gasteiger partial charge in [0.1, 0.15) is 17.2 Å². The minimum absolute atomic E-state index is 0.0869. The Hall–Kier alpha value is -2.31. The Kier molecular flexibility index (Phi) is 4.39. The van der Waals surface area contributed by atoms with Crippen molar-refractivity contribution < 1.29 is 14.3 Å². The molecule has 0 spiro atoms. The number of carbonyl (C=O) groups is 1. The number of nitrogens with one attached hydrogen (secondary N) is 1. The molecule has 0 unspecified atom stereocenters. The maximum atomic E-state index is 11.5. The summed E-state index contributed by atoms with van der Waals surface area (Å²) in [4.78, 5) is 15.5. The average molecular weight is 294 g/mol. The maximum Gasteiger partial charge on any atom is 0.284 e. The van der Waals surface area contributed by atoms with Crippen molar-refractivity contribution in [3.63, 3.8) is 0 Å². The van der Waals surface area contributed by atoms with E-state index in [2.05, 4.69) is 4.98 Å². The SMILES string of the molecule is COc1cc(Oc2cccc(Cl)c2)nc(C(=O)NN)c1. The average Bonchev–Trinajstić information content (AvgIpc) is 2.46. The number of nitrogens with two attached hydrogens (primary N) is 1. The number of nitrogens with zero attached hydrogens (tertiary/aromatic N) is 1. The van der Waals surface area contributed by atoms with E-state index < -0.39 is 5.91 Å². The fourth-order valence-electron chi connectivity index (χ4n) is 1.49. The zero-order valence-electron chi connectivity index (χ0n) is 10.6. The quantitative estimate of drug-likeness (QED) is 0.512. The van der Waals surface area contributed by atoms with Crippen LogP contribution in [0.1, 0.15) is 10.5 Å². The summed E-state index contributed by atoms with van der Waals surface area (Å²) in [6.45, 7) is 0. The number of hydrogen-bond donors (Lipinski definition) is 2. The van der Waals surface area contributed by atoms with Gasteiger partial charge < -0.3 is 9.47 Å². The van der Waals surface area contributed by atoms with E-state index >= 15 is 0 Å². The zero-order chi connectivity index (χ0) is 14.5. The Morgan fingerprint density at radius 1 is 1.30 bits per heavy atom. The van der Waals surface area contributed by atoms with Crippen LogP contribution in [0.2, 0.25) is 5.02 Å². The van der Waals surface area contributed by atoms with Gasteiger partial charge >= 0.3 is 0 Å². The number of pyridine rings is 1. The lowest BCUT2D eigenvalue weighted by atomic mass is 10.3.